The summed E-state index contributed by atoms with van der Waals surface area (Å²) in [5, 5.41) is 8.62. The van der Waals surface area contributed by atoms with E-state index in [9.17, 15) is 0 Å². The molecular formula is C11H15NO2S. The van der Waals surface area contributed by atoms with Gasteiger partial charge in [0.1, 0.15) is 10.7 Å². The minimum absolute atomic E-state index is 0.143. The molecule has 0 saturated heterocycles. The van der Waals surface area contributed by atoms with Crippen LogP contribution in [-0.4, -0.2) is 23.3 Å². The first-order chi connectivity index (χ1) is 7.15. The number of aliphatic hydroxyl groups excluding tert-OH is 1. The predicted octanol–water partition coefficient (Wildman–Crippen LogP) is 1.39. The topological polar surface area (TPSA) is 55.5 Å². The third-order valence-corrected chi connectivity index (χ3v) is 2.26. The van der Waals surface area contributed by atoms with Gasteiger partial charge in [0.15, 0.2) is 0 Å². The lowest BCUT2D eigenvalue weighted by molar-refractivity contribution is 0.233. The van der Waals surface area contributed by atoms with Gasteiger partial charge in [-0.05, 0) is 30.7 Å². The van der Waals surface area contributed by atoms with E-state index in [1.807, 2.05) is 25.1 Å². The highest BCUT2D eigenvalue weighted by Gasteiger charge is 2.02. The maximum absolute atomic E-state index is 8.62. The van der Waals surface area contributed by atoms with Gasteiger partial charge in [-0.2, -0.15) is 0 Å². The average molecular weight is 225 g/mol. The highest BCUT2D eigenvalue weighted by molar-refractivity contribution is 7.80. The Labute approximate surface area is 94.9 Å². The van der Waals surface area contributed by atoms with Crippen molar-refractivity contribution in [3.8, 4) is 5.75 Å². The first-order valence-electron chi connectivity index (χ1n) is 4.79. The minimum Gasteiger partial charge on any atom is -0.493 e. The van der Waals surface area contributed by atoms with Crippen LogP contribution in [-0.2, 0) is 0 Å². The molecule has 0 heterocycles. The molecule has 4 heteroatoms. The Kier molecular flexibility index (Phi) is 4.52. The van der Waals surface area contributed by atoms with Crippen molar-refractivity contribution < 1.29 is 9.84 Å². The molecule has 0 unspecified atom stereocenters. The molecule has 0 aliphatic heterocycles. The fourth-order valence-electron chi connectivity index (χ4n) is 1.21. The van der Waals surface area contributed by atoms with Crippen LogP contribution in [0, 0.1) is 6.92 Å². The maximum Gasteiger partial charge on any atom is 0.122 e. The Morgan fingerprint density at radius 1 is 1.53 bits per heavy atom. The Morgan fingerprint density at radius 2 is 2.27 bits per heavy atom. The maximum atomic E-state index is 8.62. The highest BCUT2D eigenvalue weighted by atomic mass is 32.1. The van der Waals surface area contributed by atoms with E-state index in [1.54, 1.807) is 0 Å². The summed E-state index contributed by atoms with van der Waals surface area (Å²) in [7, 11) is 0. The SMILES string of the molecule is Cc1cc(C(N)=S)ccc1OCCCO. The standard InChI is InChI=1S/C11H15NO2S/c1-8-7-9(11(12)15)3-4-10(8)14-6-2-5-13/h3-4,7,13H,2,5-6H2,1H3,(H2,12,15). The van der Waals surface area contributed by atoms with Crippen molar-refractivity contribution in [1.82, 2.24) is 0 Å². The van der Waals surface area contributed by atoms with E-state index < -0.39 is 0 Å². The van der Waals surface area contributed by atoms with E-state index in [1.165, 1.54) is 0 Å². The molecule has 1 aromatic carbocycles. The summed E-state index contributed by atoms with van der Waals surface area (Å²) < 4.78 is 5.47. The van der Waals surface area contributed by atoms with Crippen LogP contribution in [0.2, 0.25) is 0 Å². The summed E-state index contributed by atoms with van der Waals surface area (Å²) in [5.41, 5.74) is 7.35. The molecular weight excluding hydrogens is 210 g/mol. The van der Waals surface area contributed by atoms with Crippen LogP contribution in [0.25, 0.3) is 0 Å². The number of rotatable bonds is 5. The van der Waals surface area contributed by atoms with Gasteiger partial charge in [-0.15, -0.1) is 0 Å². The monoisotopic (exact) mass is 225 g/mol. The van der Waals surface area contributed by atoms with E-state index in [-0.39, 0.29) is 6.61 Å². The van der Waals surface area contributed by atoms with Gasteiger partial charge in [-0.25, -0.2) is 0 Å². The van der Waals surface area contributed by atoms with Crippen molar-refractivity contribution in [3.63, 3.8) is 0 Å². The molecule has 0 bridgehead atoms. The Morgan fingerprint density at radius 3 is 2.80 bits per heavy atom. The molecule has 1 rings (SSSR count). The summed E-state index contributed by atoms with van der Waals surface area (Å²) in [5.74, 6) is 0.809. The van der Waals surface area contributed by atoms with Gasteiger partial charge in [0, 0.05) is 18.6 Å². The number of aryl methyl sites for hydroxylation is 1. The van der Waals surface area contributed by atoms with Gasteiger partial charge >= 0.3 is 0 Å². The van der Waals surface area contributed by atoms with Gasteiger partial charge in [0.2, 0.25) is 0 Å². The first-order valence-corrected chi connectivity index (χ1v) is 5.20. The summed E-state index contributed by atoms with van der Waals surface area (Å²) in [6, 6.07) is 5.58. The van der Waals surface area contributed by atoms with Crippen molar-refractivity contribution in [2.24, 2.45) is 5.73 Å². The quantitative estimate of drug-likeness (QED) is 0.587. The van der Waals surface area contributed by atoms with Gasteiger partial charge in [0.25, 0.3) is 0 Å². The van der Waals surface area contributed by atoms with Gasteiger partial charge in [-0.1, -0.05) is 12.2 Å². The molecule has 3 nitrogen and oxygen atoms in total. The van der Waals surface area contributed by atoms with Gasteiger partial charge < -0.3 is 15.6 Å². The number of hydrogen-bond donors (Lipinski definition) is 2. The molecule has 15 heavy (non-hydrogen) atoms. The zero-order valence-electron chi connectivity index (χ0n) is 8.69. The van der Waals surface area contributed by atoms with E-state index in [2.05, 4.69) is 0 Å². The molecule has 0 fully saturated rings. The van der Waals surface area contributed by atoms with Crippen molar-refractivity contribution in [2.45, 2.75) is 13.3 Å². The molecule has 0 saturated carbocycles. The molecule has 0 radical (unpaired) electrons. The predicted molar refractivity (Wildman–Crippen MR) is 64.3 cm³/mol. The number of hydrogen-bond acceptors (Lipinski definition) is 3. The second-order valence-corrected chi connectivity index (χ2v) is 3.71. The van der Waals surface area contributed by atoms with Gasteiger partial charge in [0.05, 0.1) is 6.61 Å². The van der Waals surface area contributed by atoms with Crippen molar-refractivity contribution in [3.05, 3.63) is 29.3 Å². The summed E-state index contributed by atoms with van der Waals surface area (Å²) in [6.45, 7) is 2.60. The lowest BCUT2D eigenvalue weighted by Crippen LogP contribution is -2.09. The van der Waals surface area contributed by atoms with Crippen LogP contribution >= 0.6 is 12.2 Å². The zero-order valence-corrected chi connectivity index (χ0v) is 9.51. The fourth-order valence-corrected chi connectivity index (χ4v) is 1.34. The Balaban J connectivity index is 2.70. The molecule has 0 aliphatic rings. The molecule has 0 spiro atoms. The third-order valence-electron chi connectivity index (χ3n) is 2.02. The van der Waals surface area contributed by atoms with Crippen LogP contribution in [0.1, 0.15) is 17.5 Å². The second-order valence-electron chi connectivity index (χ2n) is 3.27. The third kappa shape index (κ3) is 3.49. The summed E-state index contributed by atoms with van der Waals surface area (Å²) >= 11 is 4.88. The van der Waals surface area contributed by atoms with E-state index in [0.717, 1.165) is 16.9 Å². The zero-order chi connectivity index (χ0) is 11.3. The van der Waals surface area contributed by atoms with Crippen LogP contribution in [0.3, 0.4) is 0 Å². The lowest BCUT2D eigenvalue weighted by atomic mass is 10.1. The molecule has 0 amide bonds. The van der Waals surface area contributed by atoms with Crippen LogP contribution in [0.15, 0.2) is 18.2 Å². The minimum atomic E-state index is 0.143. The van der Waals surface area contributed by atoms with Crippen molar-refractivity contribution >= 4 is 17.2 Å². The Bertz CT molecular complexity index is 352. The molecule has 0 aromatic heterocycles. The van der Waals surface area contributed by atoms with Crippen molar-refractivity contribution in [2.75, 3.05) is 13.2 Å². The number of nitrogens with two attached hydrogens (primary N) is 1. The number of ether oxygens (including phenoxy) is 1. The molecule has 0 aliphatic carbocycles. The molecule has 82 valence electrons. The Hall–Kier alpha value is -1.13. The largest absolute Gasteiger partial charge is 0.493 e. The smallest absolute Gasteiger partial charge is 0.122 e. The van der Waals surface area contributed by atoms with Crippen LogP contribution < -0.4 is 10.5 Å². The molecule has 3 N–H and O–H groups in total. The molecule has 1 aromatic rings. The van der Waals surface area contributed by atoms with Crippen LogP contribution in [0.5, 0.6) is 5.75 Å². The van der Waals surface area contributed by atoms with Crippen LogP contribution in [0.4, 0.5) is 0 Å². The number of aliphatic hydroxyl groups is 1. The summed E-state index contributed by atoms with van der Waals surface area (Å²) in [4.78, 5) is 0.389. The number of thiocarbonyl (C=S) groups is 1. The van der Waals surface area contributed by atoms with Crippen molar-refractivity contribution in [1.29, 1.82) is 0 Å². The van der Waals surface area contributed by atoms with E-state index in [4.69, 9.17) is 27.8 Å². The average Bonchev–Trinajstić information content (AvgIpc) is 2.20. The first kappa shape index (κ1) is 11.9. The normalized spacial score (nSPS) is 10.0. The number of benzene rings is 1. The highest BCUT2D eigenvalue weighted by Crippen LogP contribution is 2.19. The van der Waals surface area contributed by atoms with E-state index in [0.29, 0.717) is 18.0 Å². The fraction of sp³-hybridized carbons (Fsp3) is 0.364. The second kappa shape index (κ2) is 5.68. The van der Waals surface area contributed by atoms with Gasteiger partial charge in [-0.3, -0.25) is 0 Å². The van der Waals surface area contributed by atoms with E-state index >= 15 is 0 Å². The lowest BCUT2D eigenvalue weighted by Gasteiger charge is -2.09. The summed E-state index contributed by atoms with van der Waals surface area (Å²) in [6.07, 6.45) is 0.635. The molecule has 0 atom stereocenters.